The molecule has 5 nitrogen and oxygen atoms in total. The number of hydrogen-bond acceptors (Lipinski definition) is 4. The van der Waals surface area contributed by atoms with Crippen LogP contribution in [-0.4, -0.2) is 25.0 Å². The van der Waals surface area contributed by atoms with Gasteiger partial charge in [0.25, 0.3) is 0 Å². The van der Waals surface area contributed by atoms with Crippen LogP contribution in [0, 0.1) is 13.8 Å². The van der Waals surface area contributed by atoms with E-state index in [-0.39, 0.29) is 0 Å². The fraction of sp³-hybridized carbons (Fsp3) is 0.125. The summed E-state index contributed by atoms with van der Waals surface area (Å²) in [6.07, 6.45) is 3.60. The number of hydrogen-bond donors (Lipinski definition) is 0. The highest BCUT2D eigenvalue weighted by Crippen LogP contribution is 2.26. The number of rotatable bonds is 1. The third-order valence-electron chi connectivity index (χ3n) is 3.82. The molecule has 0 N–H and O–H groups in total. The van der Waals surface area contributed by atoms with Gasteiger partial charge in [0.15, 0.2) is 5.65 Å². The van der Waals surface area contributed by atoms with Crippen LogP contribution in [0.4, 0.5) is 0 Å². The van der Waals surface area contributed by atoms with Crippen LogP contribution in [-0.2, 0) is 0 Å². The van der Waals surface area contributed by atoms with Crippen LogP contribution in [0.15, 0.2) is 42.7 Å². The Bertz CT molecular complexity index is 971. The topological polar surface area (TPSA) is 56.5 Å². The minimum atomic E-state index is 0.769. The van der Waals surface area contributed by atoms with Crippen molar-refractivity contribution in [2.45, 2.75) is 13.8 Å². The Hall–Kier alpha value is -2.82. The van der Waals surface area contributed by atoms with Gasteiger partial charge in [-0.3, -0.25) is 4.98 Å². The molecule has 0 aliphatic heterocycles. The zero-order chi connectivity index (χ0) is 14.4. The van der Waals surface area contributed by atoms with E-state index in [2.05, 4.69) is 39.3 Å². The van der Waals surface area contributed by atoms with Crippen LogP contribution in [0.1, 0.15) is 11.3 Å². The first-order valence-corrected chi connectivity index (χ1v) is 6.77. The summed E-state index contributed by atoms with van der Waals surface area (Å²) in [5.74, 6) is 0. The quantitative estimate of drug-likeness (QED) is 0.536. The maximum absolute atomic E-state index is 4.38. The summed E-state index contributed by atoms with van der Waals surface area (Å²) in [6.45, 7) is 4.11. The average molecular weight is 275 g/mol. The van der Waals surface area contributed by atoms with Crippen molar-refractivity contribution in [3.63, 3.8) is 0 Å². The molecule has 3 aromatic heterocycles. The minimum absolute atomic E-state index is 0.769. The van der Waals surface area contributed by atoms with E-state index in [4.69, 9.17) is 0 Å². The molecule has 102 valence electrons. The molecule has 0 saturated heterocycles. The van der Waals surface area contributed by atoms with Crippen molar-refractivity contribution < 1.29 is 0 Å². The third-order valence-corrected chi connectivity index (χ3v) is 3.82. The summed E-state index contributed by atoms with van der Waals surface area (Å²) in [5, 5.41) is 10.8. The molecule has 0 radical (unpaired) electrons. The minimum Gasteiger partial charge on any atom is -0.261 e. The van der Waals surface area contributed by atoms with Gasteiger partial charge in [0.05, 0.1) is 5.69 Å². The van der Waals surface area contributed by atoms with Gasteiger partial charge < -0.3 is 0 Å². The van der Waals surface area contributed by atoms with Crippen LogP contribution in [0.2, 0.25) is 0 Å². The first-order chi connectivity index (χ1) is 10.3. The fourth-order valence-electron chi connectivity index (χ4n) is 2.70. The van der Waals surface area contributed by atoms with E-state index < -0.39 is 0 Å². The van der Waals surface area contributed by atoms with Crippen molar-refractivity contribution in [1.29, 1.82) is 0 Å². The predicted octanol–water partition coefficient (Wildman–Crippen LogP) is 2.98. The van der Waals surface area contributed by atoms with Gasteiger partial charge >= 0.3 is 0 Å². The molecule has 0 aliphatic carbocycles. The molecule has 0 fully saturated rings. The van der Waals surface area contributed by atoms with Gasteiger partial charge in [0.1, 0.15) is 5.52 Å². The Kier molecular flexibility index (Phi) is 2.47. The van der Waals surface area contributed by atoms with Crippen molar-refractivity contribution in [3.8, 4) is 5.69 Å². The zero-order valence-corrected chi connectivity index (χ0v) is 11.8. The summed E-state index contributed by atoms with van der Waals surface area (Å²) in [5.41, 5.74) is 4.74. The lowest BCUT2D eigenvalue weighted by atomic mass is 10.0. The van der Waals surface area contributed by atoms with Gasteiger partial charge in [0.2, 0.25) is 0 Å². The molecule has 0 aliphatic rings. The molecule has 1 aromatic carbocycles. The highest BCUT2D eigenvalue weighted by Gasteiger charge is 2.12. The summed E-state index contributed by atoms with van der Waals surface area (Å²) in [6, 6.07) is 9.94. The number of pyridine rings is 2. The summed E-state index contributed by atoms with van der Waals surface area (Å²) >= 11 is 0. The Morgan fingerprint density at radius 3 is 2.71 bits per heavy atom. The fourth-order valence-corrected chi connectivity index (χ4v) is 2.70. The van der Waals surface area contributed by atoms with E-state index >= 15 is 0 Å². The van der Waals surface area contributed by atoms with Crippen LogP contribution in [0.5, 0.6) is 0 Å². The molecular weight excluding hydrogens is 262 g/mol. The van der Waals surface area contributed by atoms with Gasteiger partial charge in [-0.2, -0.15) is 4.68 Å². The Labute approximate surface area is 121 Å². The molecule has 0 saturated carbocycles. The maximum Gasteiger partial charge on any atom is 0.183 e. The molecule has 5 heteroatoms. The van der Waals surface area contributed by atoms with E-state index in [1.165, 1.54) is 5.39 Å². The SMILES string of the molecule is Cc1nccc2c(C)c(-n3nnc4cccnc43)ccc12. The lowest BCUT2D eigenvalue weighted by Gasteiger charge is -2.10. The standard InChI is InChI=1S/C16H13N5/c1-10-12-7-9-17-11(2)13(12)5-6-15(10)21-16-14(19-20-21)4-3-8-18-16/h3-9H,1-2H3. The lowest BCUT2D eigenvalue weighted by molar-refractivity contribution is 0.814. The van der Waals surface area contributed by atoms with E-state index in [1.807, 2.05) is 31.3 Å². The molecular formula is C16H13N5. The second kappa shape index (κ2) is 4.34. The van der Waals surface area contributed by atoms with Gasteiger partial charge in [-0.05, 0) is 49.1 Å². The van der Waals surface area contributed by atoms with E-state index in [0.717, 1.165) is 33.5 Å². The molecule has 0 spiro atoms. The van der Waals surface area contributed by atoms with E-state index in [0.29, 0.717) is 0 Å². The molecule has 4 aromatic rings. The van der Waals surface area contributed by atoms with Crippen LogP contribution in [0.25, 0.3) is 27.6 Å². The van der Waals surface area contributed by atoms with Gasteiger partial charge in [-0.15, -0.1) is 5.10 Å². The summed E-state index contributed by atoms with van der Waals surface area (Å²) in [4.78, 5) is 8.73. The number of benzene rings is 1. The van der Waals surface area contributed by atoms with Crippen LogP contribution >= 0.6 is 0 Å². The highest BCUT2D eigenvalue weighted by atomic mass is 15.4. The van der Waals surface area contributed by atoms with Crippen LogP contribution in [0.3, 0.4) is 0 Å². The first kappa shape index (κ1) is 12.0. The Morgan fingerprint density at radius 1 is 0.905 bits per heavy atom. The van der Waals surface area contributed by atoms with E-state index in [9.17, 15) is 0 Å². The molecule has 0 unspecified atom stereocenters. The van der Waals surface area contributed by atoms with Crippen molar-refractivity contribution in [3.05, 3.63) is 54.0 Å². The molecule has 4 rings (SSSR count). The van der Waals surface area contributed by atoms with Crippen LogP contribution < -0.4 is 0 Å². The molecule has 0 atom stereocenters. The monoisotopic (exact) mass is 275 g/mol. The summed E-state index contributed by atoms with van der Waals surface area (Å²) in [7, 11) is 0. The van der Waals surface area contributed by atoms with E-state index in [1.54, 1.807) is 10.9 Å². The smallest absolute Gasteiger partial charge is 0.183 e. The zero-order valence-electron chi connectivity index (χ0n) is 11.8. The third kappa shape index (κ3) is 1.71. The van der Waals surface area contributed by atoms with Crippen molar-refractivity contribution in [1.82, 2.24) is 25.0 Å². The predicted molar refractivity (Wildman–Crippen MR) is 81.4 cm³/mol. The maximum atomic E-state index is 4.38. The summed E-state index contributed by atoms with van der Waals surface area (Å²) < 4.78 is 1.79. The molecule has 21 heavy (non-hydrogen) atoms. The number of nitrogens with zero attached hydrogens (tertiary/aromatic N) is 5. The average Bonchev–Trinajstić information content (AvgIpc) is 2.93. The largest absolute Gasteiger partial charge is 0.261 e. The first-order valence-electron chi connectivity index (χ1n) is 6.77. The number of aryl methyl sites for hydroxylation is 2. The molecule has 3 heterocycles. The Morgan fingerprint density at radius 2 is 1.81 bits per heavy atom. The van der Waals surface area contributed by atoms with Gasteiger partial charge in [-0.1, -0.05) is 11.3 Å². The Balaban J connectivity index is 2.05. The second-order valence-corrected chi connectivity index (χ2v) is 5.05. The molecule has 0 amide bonds. The number of aromatic nitrogens is 5. The highest BCUT2D eigenvalue weighted by molar-refractivity contribution is 5.90. The van der Waals surface area contributed by atoms with Crippen molar-refractivity contribution in [2.24, 2.45) is 0 Å². The van der Waals surface area contributed by atoms with Gasteiger partial charge in [-0.25, -0.2) is 4.98 Å². The second-order valence-electron chi connectivity index (χ2n) is 5.05. The molecule has 0 bridgehead atoms. The van der Waals surface area contributed by atoms with Crippen molar-refractivity contribution in [2.75, 3.05) is 0 Å². The lowest BCUT2D eigenvalue weighted by Crippen LogP contribution is -2.01. The van der Waals surface area contributed by atoms with Crippen molar-refractivity contribution >= 4 is 21.9 Å². The number of fused-ring (bicyclic) bond motifs is 2. The normalized spacial score (nSPS) is 11.3. The van der Waals surface area contributed by atoms with Gasteiger partial charge in [0, 0.05) is 23.5 Å².